The first-order chi connectivity index (χ1) is 21.4. The van der Waals surface area contributed by atoms with Gasteiger partial charge in [-0.2, -0.15) is 0 Å². The van der Waals surface area contributed by atoms with Gasteiger partial charge in [-0.1, -0.05) is 18.2 Å². The standard InChI is InChI=1S/C33H31N5O5S/c1-18-34-29-27(31(39)38(18)32-26(33(40)43-4)20-9-5-8-12-25(20)44-32)28-30(36-22-11-7-6-10-21(22)35-28)37(29)16-15-19-13-14-23(41-2)24(17-19)42-3/h6-7,10-11,13-14,17H,5,8-9,12,15-16H2,1-4H3. The fourth-order valence-electron chi connectivity index (χ4n) is 6.21. The van der Waals surface area contributed by atoms with Crippen LogP contribution in [0.15, 0.2) is 47.3 Å². The molecule has 11 heteroatoms. The van der Waals surface area contributed by atoms with Crippen molar-refractivity contribution in [3.63, 3.8) is 0 Å². The number of thiophene rings is 1. The van der Waals surface area contributed by atoms with Crippen molar-refractivity contribution in [1.29, 1.82) is 0 Å². The third kappa shape index (κ3) is 4.41. The van der Waals surface area contributed by atoms with Gasteiger partial charge in [-0.25, -0.2) is 19.7 Å². The minimum atomic E-state index is -0.436. The van der Waals surface area contributed by atoms with Crippen LogP contribution < -0.4 is 15.0 Å². The van der Waals surface area contributed by atoms with E-state index in [0.717, 1.165) is 47.2 Å². The third-order valence-corrected chi connectivity index (χ3v) is 9.63. The Hall–Kier alpha value is -4.77. The van der Waals surface area contributed by atoms with Crippen LogP contribution in [0.2, 0.25) is 0 Å². The molecule has 10 nitrogen and oxygen atoms in total. The number of fused-ring (bicyclic) bond motifs is 5. The Morgan fingerprint density at radius 3 is 2.43 bits per heavy atom. The van der Waals surface area contributed by atoms with Crippen molar-refractivity contribution in [3.8, 4) is 16.5 Å². The largest absolute Gasteiger partial charge is 0.493 e. The van der Waals surface area contributed by atoms with Crippen LogP contribution in [0.25, 0.3) is 38.2 Å². The van der Waals surface area contributed by atoms with Crippen LogP contribution in [0.4, 0.5) is 0 Å². The van der Waals surface area contributed by atoms with Crippen LogP contribution in [-0.2, 0) is 30.5 Å². The predicted molar refractivity (Wildman–Crippen MR) is 170 cm³/mol. The summed E-state index contributed by atoms with van der Waals surface area (Å²) in [4.78, 5) is 43.7. The highest BCUT2D eigenvalue weighted by Crippen LogP contribution is 2.38. The van der Waals surface area contributed by atoms with Gasteiger partial charge in [-0.3, -0.25) is 9.36 Å². The van der Waals surface area contributed by atoms with Gasteiger partial charge in [0.15, 0.2) is 22.8 Å². The van der Waals surface area contributed by atoms with Gasteiger partial charge in [0.05, 0.1) is 37.9 Å². The summed E-state index contributed by atoms with van der Waals surface area (Å²) in [7, 11) is 4.60. The van der Waals surface area contributed by atoms with Gasteiger partial charge < -0.3 is 18.8 Å². The fraction of sp³-hybridized carbons (Fsp3) is 0.303. The molecule has 0 unspecified atom stereocenters. The topological polar surface area (TPSA) is 110 Å². The van der Waals surface area contributed by atoms with Crippen molar-refractivity contribution in [3.05, 3.63) is 80.2 Å². The Morgan fingerprint density at radius 1 is 0.932 bits per heavy atom. The Kier molecular flexibility index (Phi) is 7.04. The number of hydrogen-bond donors (Lipinski definition) is 0. The van der Waals surface area contributed by atoms with E-state index in [1.54, 1.807) is 25.7 Å². The van der Waals surface area contributed by atoms with E-state index < -0.39 is 5.97 Å². The average Bonchev–Trinajstić information content (AvgIpc) is 3.57. The van der Waals surface area contributed by atoms with E-state index >= 15 is 0 Å². The van der Waals surface area contributed by atoms with Gasteiger partial charge in [0.2, 0.25) is 0 Å². The van der Waals surface area contributed by atoms with Gasteiger partial charge in [-0.05, 0) is 74.4 Å². The Morgan fingerprint density at radius 2 is 1.68 bits per heavy atom. The zero-order valence-corrected chi connectivity index (χ0v) is 25.8. The first kappa shape index (κ1) is 28.0. The number of benzene rings is 2. The van der Waals surface area contributed by atoms with E-state index in [2.05, 4.69) is 0 Å². The fourth-order valence-corrected chi connectivity index (χ4v) is 7.63. The molecule has 224 valence electrons. The molecule has 0 aliphatic heterocycles. The lowest BCUT2D eigenvalue weighted by molar-refractivity contribution is 0.0600. The molecule has 0 bridgehead atoms. The van der Waals surface area contributed by atoms with Gasteiger partial charge in [0, 0.05) is 11.4 Å². The highest BCUT2D eigenvalue weighted by molar-refractivity contribution is 7.15. The normalized spacial score (nSPS) is 13.0. The second-order valence-corrected chi connectivity index (χ2v) is 11.9. The van der Waals surface area contributed by atoms with E-state index in [0.29, 0.717) is 68.6 Å². The van der Waals surface area contributed by atoms with E-state index in [9.17, 15) is 9.59 Å². The number of ether oxygens (including phenoxy) is 3. The summed E-state index contributed by atoms with van der Waals surface area (Å²) in [5, 5.41) is 0.930. The number of esters is 1. The lowest BCUT2D eigenvalue weighted by atomic mass is 9.95. The molecule has 1 aliphatic carbocycles. The number of para-hydroxylation sites is 2. The number of nitrogens with zero attached hydrogens (tertiary/aromatic N) is 5. The molecule has 0 N–H and O–H groups in total. The molecule has 0 amide bonds. The Balaban J connectivity index is 1.46. The van der Waals surface area contributed by atoms with E-state index in [4.69, 9.17) is 29.2 Å². The van der Waals surface area contributed by atoms with Crippen molar-refractivity contribution < 1.29 is 19.0 Å². The zero-order valence-electron chi connectivity index (χ0n) is 25.0. The second-order valence-electron chi connectivity index (χ2n) is 10.9. The third-order valence-electron chi connectivity index (χ3n) is 8.35. The SMILES string of the molecule is COC(=O)c1c(-n2c(C)nc3c(c2=O)c2nc4ccccc4nc2n3CCc2ccc(OC)c(OC)c2)sc2c1CCCC2. The van der Waals surface area contributed by atoms with Crippen molar-refractivity contribution in [2.75, 3.05) is 21.3 Å². The van der Waals surface area contributed by atoms with Crippen LogP contribution in [-0.4, -0.2) is 51.4 Å². The molecular weight excluding hydrogens is 578 g/mol. The smallest absolute Gasteiger partial charge is 0.341 e. The highest BCUT2D eigenvalue weighted by Gasteiger charge is 2.30. The second kappa shape index (κ2) is 11.1. The first-order valence-corrected chi connectivity index (χ1v) is 15.4. The van der Waals surface area contributed by atoms with Crippen LogP contribution >= 0.6 is 11.3 Å². The molecule has 44 heavy (non-hydrogen) atoms. The van der Waals surface area contributed by atoms with Crippen molar-refractivity contribution in [2.45, 2.75) is 45.6 Å². The minimum Gasteiger partial charge on any atom is -0.493 e. The maximum absolute atomic E-state index is 14.6. The van der Waals surface area contributed by atoms with Crippen molar-refractivity contribution >= 4 is 50.5 Å². The molecule has 0 saturated carbocycles. The summed E-state index contributed by atoms with van der Waals surface area (Å²) in [6, 6.07) is 13.4. The summed E-state index contributed by atoms with van der Waals surface area (Å²) in [5.41, 5.74) is 5.19. The number of methoxy groups -OCH3 is 3. The van der Waals surface area contributed by atoms with Crippen LogP contribution in [0.1, 0.15) is 45.0 Å². The molecule has 1 aliphatic rings. The van der Waals surface area contributed by atoms with Gasteiger partial charge >= 0.3 is 5.97 Å². The molecule has 0 fully saturated rings. The number of carbonyl (C=O) groups excluding carboxylic acids is 1. The van der Waals surface area contributed by atoms with Gasteiger partial charge in [0.1, 0.15) is 21.7 Å². The molecular formula is C33H31N5O5S. The quantitative estimate of drug-likeness (QED) is 0.216. The molecule has 0 saturated heterocycles. The van der Waals surface area contributed by atoms with Crippen LogP contribution in [0, 0.1) is 6.92 Å². The number of aromatic nitrogens is 5. The molecule has 6 aromatic rings. The van der Waals surface area contributed by atoms with Crippen molar-refractivity contribution in [1.82, 2.24) is 24.1 Å². The van der Waals surface area contributed by atoms with E-state index in [-0.39, 0.29) is 5.56 Å². The number of hydrogen-bond acceptors (Lipinski definition) is 9. The zero-order chi connectivity index (χ0) is 30.5. The monoisotopic (exact) mass is 609 g/mol. The summed E-state index contributed by atoms with van der Waals surface area (Å²) in [5.74, 6) is 1.35. The average molecular weight is 610 g/mol. The highest BCUT2D eigenvalue weighted by atomic mass is 32.1. The molecule has 0 atom stereocenters. The maximum atomic E-state index is 14.6. The van der Waals surface area contributed by atoms with E-state index in [1.807, 2.05) is 47.0 Å². The summed E-state index contributed by atoms with van der Waals surface area (Å²) < 4.78 is 19.7. The first-order valence-electron chi connectivity index (χ1n) is 14.6. The van der Waals surface area contributed by atoms with E-state index in [1.165, 1.54) is 18.4 Å². The molecule has 7 rings (SSSR count). The molecule has 4 heterocycles. The number of carbonyl (C=O) groups is 1. The number of rotatable bonds is 7. The Bertz CT molecular complexity index is 2160. The summed E-state index contributed by atoms with van der Waals surface area (Å²) in [6.07, 6.45) is 4.33. The van der Waals surface area contributed by atoms with Gasteiger partial charge in [-0.15, -0.1) is 11.3 Å². The number of aryl methyl sites for hydroxylation is 4. The lowest BCUT2D eigenvalue weighted by Gasteiger charge is -2.13. The maximum Gasteiger partial charge on any atom is 0.341 e. The van der Waals surface area contributed by atoms with Crippen LogP contribution in [0.5, 0.6) is 11.5 Å². The summed E-state index contributed by atoms with van der Waals surface area (Å²) >= 11 is 1.48. The molecule has 0 radical (unpaired) electrons. The molecule has 2 aromatic carbocycles. The summed E-state index contributed by atoms with van der Waals surface area (Å²) in [6.45, 7) is 2.30. The lowest BCUT2D eigenvalue weighted by Crippen LogP contribution is -2.24. The minimum absolute atomic E-state index is 0.282. The van der Waals surface area contributed by atoms with Gasteiger partial charge in [0.25, 0.3) is 5.56 Å². The van der Waals surface area contributed by atoms with Crippen molar-refractivity contribution in [2.24, 2.45) is 0 Å². The molecule has 4 aromatic heterocycles. The Labute approximate surface area is 256 Å². The molecule has 0 spiro atoms. The van der Waals surface area contributed by atoms with Crippen LogP contribution in [0.3, 0.4) is 0 Å². The predicted octanol–water partition coefficient (Wildman–Crippen LogP) is 5.58.